The lowest BCUT2D eigenvalue weighted by atomic mass is 9.84. The second kappa shape index (κ2) is 15.4. The van der Waals surface area contributed by atoms with Gasteiger partial charge in [0.25, 0.3) is 0 Å². The molecule has 6 aromatic carbocycles. The van der Waals surface area contributed by atoms with Gasteiger partial charge in [0.1, 0.15) is 0 Å². The van der Waals surface area contributed by atoms with E-state index in [1.165, 1.54) is 5.39 Å². The lowest BCUT2D eigenvalue weighted by Gasteiger charge is -2.36. The minimum absolute atomic E-state index is 0.203. The molecular formula is C43H38ClNO5. The molecule has 0 radical (unpaired) electrons. The van der Waals surface area contributed by atoms with E-state index in [4.69, 9.17) is 11.6 Å². The molecule has 0 aliphatic carbocycles. The summed E-state index contributed by atoms with van der Waals surface area (Å²) in [6, 6.07) is 44.3. The van der Waals surface area contributed by atoms with E-state index < -0.39 is 42.6 Å². The topological polar surface area (TPSA) is 94.9 Å². The van der Waals surface area contributed by atoms with Gasteiger partial charge in [-0.05, 0) is 87.0 Å². The van der Waals surface area contributed by atoms with Crippen molar-refractivity contribution in [3.8, 4) is 11.1 Å². The second-order valence-electron chi connectivity index (χ2n) is 12.9. The van der Waals surface area contributed by atoms with Crippen molar-refractivity contribution in [3.63, 3.8) is 0 Å². The Morgan fingerprint density at radius 2 is 1.26 bits per heavy atom. The lowest BCUT2D eigenvalue weighted by Crippen LogP contribution is -2.43. The van der Waals surface area contributed by atoms with E-state index in [0.29, 0.717) is 11.4 Å². The van der Waals surface area contributed by atoms with Gasteiger partial charge in [0.05, 0.1) is 12.3 Å². The van der Waals surface area contributed by atoms with E-state index in [1.807, 2.05) is 91.9 Å². The third-order valence-electron chi connectivity index (χ3n) is 9.52. The highest BCUT2D eigenvalue weighted by molar-refractivity contribution is 6.30. The fourth-order valence-electron chi connectivity index (χ4n) is 6.77. The van der Waals surface area contributed by atoms with Gasteiger partial charge in [-0.25, -0.2) is 0 Å². The normalized spacial score (nSPS) is 13.1. The average Bonchev–Trinajstić information content (AvgIpc) is 3.12. The first-order valence-corrected chi connectivity index (χ1v) is 17.1. The quantitative estimate of drug-likeness (QED) is 0.126. The third-order valence-corrected chi connectivity index (χ3v) is 9.77. The average molecular weight is 684 g/mol. The van der Waals surface area contributed by atoms with Gasteiger partial charge >= 0.3 is 11.9 Å². The number of nitrogens with zero attached hydrogens (tertiary/aromatic N) is 1. The minimum atomic E-state index is -1.35. The molecule has 3 unspecified atom stereocenters. The summed E-state index contributed by atoms with van der Waals surface area (Å²) in [5.74, 6) is -4.53. The molecule has 7 heteroatoms. The Balaban J connectivity index is 1.37. The second-order valence-corrected chi connectivity index (χ2v) is 13.3. The fraction of sp³-hybridized carbons (Fsp3) is 0.186. The van der Waals surface area contributed by atoms with Crippen molar-refractivity contribution < 1.29 is 24.6 Å². The zero-order chi connectivity index (χ0) is 35.2. The van der Waals surface area contributed by atoms with Crippen LogP contribution in [-0.2, 0) is 27.3 Å². The maximum Gasteiger partial charge on any atom is 0.307 e. The van der Waals surface area contributed by atoms with Crippen molar-refractivity contribution >= 4 is 51.0 Å². The molecule has 0 aliphatic rings. The molecule has 1 amide bonds. The number of carboxylic acid groups (broad SMARTS) is 2. The van der Waals surface area contributed by atoms with Crippen molar-refractivity contribution in [1.82, 2.24) is 4.90 Å². The molecule has 0 saturated carbocycles. The van der Waals surface area contributed by atoms with Crippen LogP contribution in [0.1, 0.15) is 42.4 Å². The Bertz CT molecular complexity index is 2160. The Labute approximate surface area is 296 Å². The van der Waals surface area contributed by atoms with Gasteiger partial charge < -0.3 is 15.1 Å². The molecule has 0 aliphatic heterocycles. The molecule has 3 atom stereocenters. The van der Waals surface area contributed by atoms with Crippen LogP contribution in [0.3, 0.4) is 0 Å². The van der Waals surface area contributed by atoms with Gasteiger partial charge in [-0.15, -0.1) is 0 Å². The van der Waals surface area contributed by atoms with Gasteiger partial charge in [-0.2, -0.15) is 0 Å². The molecule has 0 fully saturated rings. The van der Waals surface area contributed by atoms with Crippen molar-refractivity contribution in [2.45, 2.75) is 44.7 Å². The summed E-state index contributed by atoms with van der Waals surface area (Å²) in [5, 5.41) is 24.3. The SMILES string of the molecule is CC(C(Cc1cccc(-c2ccc3ccccc3c2)c1)c1ccc(Cl)cc1)N(Cc1ccc2ccccc2c1)C(=O)CC(CC(=O)O)C(=O)O. The number of carbonyl (C=O) groups excluding carboxylic acids is 1. The number of hydrogen-bond donors (Lipinski definition) is 2. The lowest BCUT2D eigenvalue weighted by molar-refractivity contribution is -0.151. The van der Waals surface area contributed by atoms with Crippen LogP contribution in [0.2, 0.25) is 5.02 Å². The summed E-state index contributed by atoms with van der Waals surface area (Å²) in [4.78, 5) is 39.5. The number of amides is 1. The smallest absolute Gasteiger partial charge is 0.307 e. The van der Waals surface area contributed by atoms with Crippen LogP contribution in [0.25, 0.3) is 32.7 Å². The summed E-state index contributed by atoms with van der Waals surface area (Å²) in [7, 11) is 0. The highest BCUT2D eigenvalue weighted by Crippen LogP contribution is 2.33. The standard InChI is InChI=1S/C43H38ClNO5/c1-28(45(41(46)25-38(43(49)50)26-42(47)48)27-30-13-14-31-8-2-4-10-34(31)22-30)40(33-17-19-39(44)20-18-33)23-29-7-6-12-35(21-29)37-16-15-32-9-3-5-11-36(32)24-37/h2-22,24,28,38,40H,23,25-27H2,1H3,(H,47,48)(H,49,50). The molecule has 0 bridgehead atoms. The van der Waals surface area contributed by atoms with Crippen LogP contribution in [0.4, 0.5) is 0 Å². The summed E-state index contributed by atoms with van der Waals surface area (Å²) in [6.07, 6.45) is -0.477. The van der Waals surface area contributed by atoms with Crippen molar-refractivity contribution in [2.24, 2.45) is 5.92 Å². The largest absolute Gasteiger partial charge is 0.481 e. The highest BCUT2D eigenvalue weighted by Gasteiger charge is 2.33. The van der Waals surface area contributed by atoms with Gasteiger partial charge in [-0.3, -0.25) is 14.4 Å². The van der Waals surface area contributed by atoms with Crippen LogP contribution in [0, 0.1) is 5.92 Å². The number of aliphatic carboxylic acids is 2. The summed E-state index contributed by atoms with van der Waals surface area (Å²) in [5.41, 5.74) is 5.14. The maximum absolute atomic E-state index is 14.2. The zero-order valence-corrected chi connectivity index (χ0v) is 28.5. The predicted molar refractivity (Wildman–Crippen MR) is 199 cm³/mol. The van der Waals surface area contributed by atoms with Crippen LogP contribution in [0.5, 0.6) is 0 Å². The first-order valence-electron chi connectivity index (χ1n) is 16.7. The van der Waals surface area contributed by atoms with E-state index in [1.54, 1.807) is 4.90 Å². The molecule has 0 aromatic heterocycles. The number of benzene rings is 6. The van der Waals surface area contributed by atoms with Gasteiger partial charge in [0.2, 0.25) is 5.91 Å². The number of halogens is 1. The third kappa shape index (κ3) is 8.21. The molecule has 0 saturated heterocycles. The number of fused-ring (bicyclic) bond motifs is 2. The first-order chi connectivity index (χ1) is 24.1. The van der Waals surface area contributed by atoms with Crippen molar-refractivity contribution in [2.75, 3.05) is 0 Å². The first kappa shape index (κ1) is 34.4. The maximum atomic E-state index is 14.2. The molecule has 2 N–H and O–H groups in total. The van der Waals surface area contributed by atoms with Crippen LogP contribution in [0.15, 0.2) is 133 Å². The van der Waals surface area contributed by atoms with E-state index in [0.717, 1.165) is 44.0 Å². The Hall–Kier alpha value is -5.46. The highest BCUT2D eigenvalue weighted by atomic mass is 35.5. The number of rotatable bonds is 13. The van der Waals surface area contributed by atoms with Crippen LogP contribution < -0.4 is 0 Å². The van der Waals surface area contributed by atoms with E-state index in [-0.39, 0.29) is 12.5 Å². The molecule has 6 rings (SSSR count). The van der Waals surface area contributed by atoms with Gasteiger partial charge in [0, 0.05) is 29.9 Å². The van der Waals surface area contributed by atoms with Gasteiger partial charge in [-0.1, -0.05) is 121 Å². The summed E-state index contributed by atoms with van der Waals surface area (Å²) >= 11 is 6.31. The molecule has 50 heavy (non-hydrogen) atoms. The van der Waals surface area contributed by atoms with E-state index in [9.17, 15) is 24.6 Å². The Kier molecular flexibility index (Phi) is 10.6. The number of carboxylic acids is 2. The molecule has 6 aromatic rings. The number of hydrogen-bond acceptors (Lipinski definition) is 3. The Morgan fingerprint density at radius 1 is 0.640 bits per heavy atom. The number of carbonyl (C=O) groups is 3. The summed E-state index contributed by atoms with van der Waals surface area (Å²) in [6.45, 7) is 2.21. The minimum Gasteiger partial charge on any atom is -0.481 e. The van der Waals surface area contributed by atoms with Crippen molar-refractivity contribution in [1.29, 1.82) is 0 Å². The van der Waals surface area contributed by atoms with Crippen LogP contribution in [-0.4, -0.2) is 39.0 Å². The fourth-order valence-corrected chi connectivity index (χ4v) is 6.90. The molecular weight excluding hydrogens is 646 g/mol. The Morgan fingerprint density at radius 3 is 1.92 bits per heavy atom. The molecule has 252 valence electrons. The van der Waals surface area contributed by atoms with E-state index >= 15 is 0 Å². The molecule has 0 heterocycles. The zero-order valence-electron chi connectivity index (χ0n) is 27.7. The van der Waals surface area contributed by atoms with Crippen LogP contribution >= 0.6 is 11.6 Å². The van der Waals surface area contributed by atoms with E-state index in [2.05, 4.69) is 48.5 Å². The molecule has 6 nitrogen and oxygen atoms in total. The van der Waals surface area contributed by atoms with Crippen molar-refractivity contribution in [3.05, 3.63) is 155 Å². The van der Waals surface area contributed by atoms with Gasteiger partial charge in [0.15, 0.2) is 0 Å². The predicted octanol–water partition coefficient (Wildman–Crippen LogP) is 9.62. The molecule has 0 spiro atoms. The summed E-state index contributed by atoms with van der Waals surface area (Å²) < 4.78 is 0. The monoisotopic (exact) mass is 683 g/mol.